The van der Waals surface area contributed by atoms with Gasteiger partial charge < -0.3 is 9.47 Å². The lowest BCUT2D eigenvalue weighted by molar-refractivity contribution is -0.137. The molecule has 0 amide bonds. The lowest BCUT2D eigenvalue weighted by atomic mass is 9.97. The van der Waals surface area contributed by atoms with Crippen molar-refractivity contribution in [1.82, 2.24) is 24.6 Å². The van der Waals surface area contributed by atoms with Crippen LogP contribution >= 0.6 is 11.8 Å². The summed E-state index contributed by atoms with van der Waals surface area (Å²) in [6, 6.07) is 9.72. The molecule has 2 aromatic heterocycles. The number of aromatic nitrogens is 4. The molecule has 0 N–H and O–H groups in total. The highest BCUT2D eigenvalue weighted by atomic mass is 32.2. The van der Waals surface area contributed by atoms with Crippen LogP contribution in [0.4, 0.5) is 13.2 Å². The predicted molar refractivity (Wildman–Crippen MR) is 127 cm³/mol. The zero-order valence-corrected chi connectivity index (χ0v) is 20.2. The highest BCUT2D eigenvalue weighted by molar-refractivity contribution is 7.99. The van der Waals surface area contributed by atoms with Gasteiger partial charge in [-0.15, -0.1) is 10.2 Å². The van der Waals surface area contributed by atoms with Crippen LogP contribution in [0, 0.1) is 12.3 Å². The van der Waals surface area contributed by atoms with Gasteiger partial charge in [0.15, 0.2) is 11.0 Å². The number of halogens is 3. The average Bonchev–Trinajstić information content (AvgIpc) is 3.16. The fourth-order valence-corrected chi connectivity index (χ4v) is 6.00. The van der Waals surface area contributed by atoms with Crippen molar-refractivity contribution < 1.29 is 13.2 Å². The molecule has 2 atom stereocenters. The first-order valence-electron chi connectivity index (χ1n) is 11.6. The molecule has 1 saturated carbocycles. The lowest BCUT2D eigenvalue weighted by Crippen LogP contribution is -2.23. The largest absolute Gasteiger partial charge is 0.416 e. The van der Waals surface area contributed by atoms with Gasteiger partial charge in [-0.1, -0.05) is 30.0 Å². The van der Waals surface area contributed by atoms with Crippen LogP contribution in [0.3, 0.4) is 0 Å². The van der Waals surface area contributed by atoms with Gasteiger partial charge in [0.1, 0.15) is 5.69 Å². The second-order valence-corrected chi connectivity index (χ2v) is 10.6. The summed E-state index contributed by atoms with van der Waals surface area (Å²) in [4.78, 5) is 6.95. The van der Waals surface area contributed by atoms with Crippen LogP contribution in [0.25, 0.3) is 11.5 Å². The van der Waals surface area contributed by atoms with Crippen molar-refractivity contribution in [3.8, 4) is 11.5 Å². The molecule has 9 heteroatoms. The molecule has 3 aromatic rings. The predicted octanol–water partition coefficient (Wildman–Crippen LogP) is 5.57. The maximum Gasteiger partial charge on any atom is 0.416 e. The Labute approximate surface area is 201 Å². The third-order valence-corrected chi connectivity index (χ3v) is 8.31. The van der Waals surface area contributed by atoms with E-state index in [9.17, 15) is 13.2 Å². The monoisotopic (exact) mass is 487 g/mol. The van der Waals surface area contributed by atoms with Gasteiger partial charge in [-0.25, -0.2) is 0 Å². The lowest BCUT2D eigenvalue weighted by Gasteiger charge is -2.16. The van der Waals surface area contributed by atoms with Crippen molar-refractivity contribution in [2.24, 2.45) is 12.5 Å². The van der Waals surface area contributed by atoms with Crippen LogP contribution in [0.15, 0.2) is 47.8 Å². The summed E-state index contributed by atoms with van der Waals surface area (Å²) in [6.07, 6.45) is 0.761. The number of rotatable bonds is 7. The van der Waals surface area contributed by atoms with Gasteiger partial charge in [0.25, 0.3) is 0 Å². The van der Waals surface area contributed by atoms with E-state index in [4.69, 9.17) is 0 Å². The molecule has 1 aromatic carbocycles. The number of alkyl halides is 3. The Kier molecular flexibility index (Phi) is 6.18. The third kappa shape index (κ3) is 4.60. The van der Waals surface area contributed by atoms with Crippen LogP contribution in [0.2, 0.25) is 0 Å². The molecule has 1 aliphatic carbocycles. The molecule has 5 nitrogen and oxygen atoms in total. The molecule has 1 saturated heterocycles. The van der Waals surface area contributed by atoms with Crippen LogP contribution in [-0.4, -0.2) is 50.0 Å². The molecule has 5 rings (SSSR count). The first-order chi connectivity index (χ1) is 16.3. The summed E-state index contributed by atoms with van der Waals surface area (Å²) in [5.41, 5.74) is 2.67. The van der Waals surface area contributed by atoms with Gasteiger partial charge in [-0.2, -0.15) is 13.2 Å². The van der Waals surface area contributed by atoms with Gasteiger partial charge in [-0.3, -0.25) is 4.98 Å². The van der Waals surface area contributed by atoms with Crippen LogP contribution < -0.4 is 0 Å². The van der Waals surface area contributed by atoms with Crippen LogP contribution in [0.5, 0.6) is 0 Å². The van der Waals surface area contributed by atoms with Crippen molar-refractivity contribution in [3.63, 3.8) is 0 Å². The van der Waals surface area contributed by atoms with Gasteiger partial charge in [0.2, 0.25) is 0 Å². The number of benzene rings is 1. The molecule has 1 spiro atoms. The number of pyridine rings is 1. The number of hydrogen-bond donors (Lipinski definition) is 0. The minimum absolute atomic E-state index is 0.256. The quantitative estimate of drug-likeness (QED) is 0.322. The van der Waals surface area contributed by atoms with Gasteiger partial charge in [-0.05, 0) is 79.9 Å². The minimum atomic E-state index is -4.27. The maximum atomic E-state index is 12.8. The molecule has 1 aliphatic heterocycles. The normalized spacial score (nSPS) is 22.6. The molecule has 2 fully saturated rings. The summed E-state index contributed by atoms with van der Waals surface area (Å²) in [5.74, 6) is 2.13. The summed E-state index contributed by atoms with van der Waals surface area (Å²) in [6.45, 7) is 5.15. The number of thioether (sulfide) groups is 1. The third-order valence-electron chi connectivity index (χ3n) is 7.20. The smallest absolute Gasteiger partial charge is 0.304 e. The van der Waals surface area contributed by atoms with Crippen LogP contribution in [0.1, 0.15) is 41.9 Å². The average molecular weight is 488 g/mol. The van der Waals surface area contributed by atoms with Gasteiger partial charge in [0.05, 0.1) is 5.56 Å². The Balaban J connectivity index is 1.09. The van der Waals surface area contributed by atoms with Crippen molar-refractivity contribution in [2.75, 3.05) is 25.4 Å². The van der Waals surface area contributed by atoms with Crippen molar-refractivity contribution in [2.45, 2.75) is 43.4 Å². The molecule has 3 heterocycles. The molecule has 34 heavy (non-hydrogen) atoms. The number of aryl methyl sites for hydroxylation is 1. The summed E-state index contributed by atoms with van der Waals surface area (Å²) in [7, 11) is 1.98. The first kappa shape index (κ1) is 23.4. The number of nitrogens with zero attached hydrogens (tertiary/aromatic N) is 5. The van der Waals surface area contributed by atoms with E-state index in [1.54, 1.807) is 30.1 Å². The zero-order valence-electron chi connectivity index (χ0n) is 19.3. The minimum Gasteiger partial charge on any atom is -0.304 e. The molecule has 2 aliphatic rings. The van der Waals surface area contributed by atoms with Gasteiger partial charge >= 0.3 is 6.18 Å². The Hall–Kier alpha value is -2.39. The summed E-state index contributed by atoms with van der Waals surface area (Å²) in [5, 5.41) is 9.59. The highest BCUT2D eigenvalue weighted by Gasteiger charge is 2.57. The van der Waals surface area contributed by atoms with E-state index in [0.717, 1.165) is 72.5 Å². The number of hydrogen-bond acceptors (Lipinski definition) is 5. The molecular weight excluding hydrogens is 459 g/mol. The Morgan fingerprint density at radius 3 is 2.68 bits per heavy atom. The van der Waals surface area contributed by atoms with Crippen LogP contribution in [-0.2, 0) is 13.2 Å². The Morgan fingerprint density at radius 1 is 1.15 bits per heavy atom. The van der Waals surface area contributed by atoms with Crippen molar-refractivity contribution in [3.05, 3.63) is 59.3 Å². The molecule has 0 radical (unpaired) electrons. The Bertz CT molecular complexity index is 1160. The van der Waals surface area contributed by atoms with E-state index < -0.39 is 11.7 Å². The van der Waals surface area contributed by atoms with E-state index in [1.807, 2.05) is 30.7 Å². The zero-order chi connectivity index (χ0) is 23.9. The molecule has 2 unspecified atom stereocenters. The molecule has 180 valence electrons. The van der Waals surface area contributed by atoms with E-state index in [0.29, 0.717) is 5.92 Å². The number of likely N-dealkylation sites (tertiary alicyclic amines) is 1. The van der Waals surface area contributed by atoms with E-state index in [1.165, 1.54) is 12.1 Å². The maximum absolute atomic E-state index is 12.8. The second kappa shape index (κ2) is 9.00. The van der Waals surface area contributed by atoms with E-state index in [2.05, 4.69) is 20.1 Å². The van der Waals surface area contributed by atoms with E-state index >= 15 is 0 Å². The SMILES string of the molecule is Cc1cccnc1-c1nnc(SCCCN2CCC3(CC3c3ccc(C(F)(F)F)cc3)C2)n1C. The van der Waals surface area contributed by atoms with Crippen molar-refractivity contribution in [1.29, 1.82) is 0 Å². The Morgan fingerprint density at radius 2 is 1.94 bits per heavy atom. The first-order valence-corrected chi connectivity index (χ1v) is 12.6. The fraction of sp³-hybridized carbons (Fsp3) is 0.480. The summed E-state index contributed by atoms with van der Waals surface area (Å²) >= 11 is 1.71. The van der Waals surface area contributed by atoms with Gasteiger partial charge in [0, 0.05) is 25.5 Å². The highest BCUT2D eigenvalue weighted by Crippen LogP contribution is 2.64. The van der Waals surface area contributed by atoms with E-state index in [-0.39, 0.29) is 5.41 Å². The molecular formula is C25H28F3N5S. The fourth-order valence-electron chi connectivity index (χ4n) is 5.17. The van der Waals surface area contributed by atoms with Crippen molar-refractivity contribution >= 4 is 11.8 Å². The topological polar surface area (TPSA) is 46.8 Å². The summed E-state index contributed by atoms with van der Waals surface area (Å²) < 4.78 is 40.5. The second-order valence-electron chi connectivity index (χ2n) is 9.50. The molecule has 0 bridgehead atoms. The standard InChI is InChI=1S/C25H28F3N5S/c1-17-5-3-11-29-21(17)22-30-31-23(32(22)2)34-14-4-12-33-13-10-24(16-33)15-20(24)18-6-8-19(9-7-18)25(26,27)28/h3,5-9,11,20H,4,10,12-16H2,1-2H3.